The number of rotatable bonds is 3. The average Bonchev–Trinajstić information content (AvgIpc) is 2.56. The zero-order chi connectivity index (χ0) is 18.0. The van der Waals surface area contributed by atoms with E-state index in [1.807, 2.05) is 7.05 Å². The summed E-state index contributed by atoms with van der Waals surface area (Å²) in [6.45, 7) is 1.64. The summed E-state index contributed by atoms with van der Waals surface area (Å²) in [6, 6.07) is 0. The Morgan fingerprint density at radius 3 is 2.96 bits per heavy atom. The van der Waals surface area contributed by atoms with Crippen molar-refractivity contribution in [3.8, 4) is 0 Å². The number of aliphatic imine (C=N–C) groups is 1. The molecule has 130 valence electrons. The van der Waals surface area contributed by atoms with E-state index in [9.17, 15) is 9.18 Å². The lowest BCUT2D eigenvalue weighted by molar-refractivity contribution is -0.538. The van der Waals surface area contributed by atoms with Crippen LogP contribution in [-0.2, 0) is 17.8 Å². The van der Waals surface area contributed by atoms with Crippen LogP contribution in [-0.4, -0.2) is 41.4 Å². The predicted molar refractivity (Wildman–Crippen MR) is 91.5 cm³/mol. The second-order valence-electron chi connectivity index (χ2n) is 5.92. The van der Waals surface area contributed by atoms with E-state index in [4.69, 9.17) is 11.1 Å². The summed E-state index contributed by atoms with van der Waals surface area (Å²) < 4.78 is 13.0. The molecule has 0 saturated carbocycles. The Morgan fingerprint density at radius 1 is 1.48 bits per heavy atom. The van der Waals surface area contributed by atoms with E-state index in [0.717, 1.165) is 36.9 Å². The number of fused-ring (bicyclic) bond motifs is 1. The fourth-order valence-corrected chi connectivity index (χ4v) is 2.83. The highest BCUT2D eigenvalue weighted by atomic mass is 19.1. The minimum atomic E-state index is -0.569. The van der Waals surface area contributed by atoms with Gasteiger partial charge in [0.1, 0.15) is 12.0 Å². The Morgan fingerprint density at radius 2 is 2.28 bits per heavy atom. The Hall–Kier alpha value is -2.91. The molecular weight excluding hydrogens is 325 g/mol. The maximum Gasteiger partial charge on any atom is 0.267 e. The van der Waals surface area contributed by atoms with Crippen LogP contribution in [0.1, 0.15) is 11.1 Å². The topological polar surface area (TPSA) is 124 Å². The Balaban J connectivity index is 1.89. The first-order valence-electron chi connectivity index (χ1n) is 7.74. The molecule has 2 aliphatic rings. The first kappa shape index (κ1) is 16.9. The second kappa shape index (κ2) is 6.91. The van der Waals surface area contributed by atoms with Crippen LogP contribution < -0.4 is 16.4 Å². The molecule has 1 amide bonds. The lowest BCUT2D eigenvalue weighted by Crippen LogP contribution is -2.77. The van der Waals surface area contributed by atoms with Gasteiger partial charge in [-0.15, -0.1) is 0 Å². The number of pyridine rings is 1. The molecule has 25 heavy (non-hydrogen) atoms. The second-order valence-corrected chi connectivity index (χ2v) is 5.92. The van der Waals surface area contributed by atoms with Crippen LogP contribution in [0.5, 0.6) is 0 Å². The highest BCUT2D eigenvalue weighted by Gasteiger charge is 2.25. The van der Waals surface area contributed by atoms with Crippen LogP contribution in [0, 0.1) is 5.41 Å². The van der Waals surface area contributed by atoms with Crippen LogP contribution in [0.3, 0.4) is 0 Å². The summed E-state index contributed by atoms with van der Waals surface area (Å²) in [7, 11) is 2.02. The summed E-state index contributed by atoms with van der Waals surface area (Å²) in [4.78, 5) is 22.8. The predicted octanol–water partition coefficient (Wildman–Crippen LogP) is -0.386. The van der Waals surface area contributed by atoms with Gasteiger partial charge in [0.2, 0.25) is 5.82 Å². The smallest absolute Gasteiger partial charge is 0.267 e. The molecule has 9 heteroatoms. The molecule has 6 N–H and O–H groups in total. The number of hydrogen-bond acceptors (Lipinski definition) is 5. The minimum absolute atomic E-state index is 0.106. The molecule has 0 spiro atoms. The number of hydrogen-bond donors (Lipinski definition) is 4. The van der Waals surface area contributed by atoms with Crippen LogP contribution in [0.4, 0.5) is 10.1 Å². The van der Waals surface area contributed by atoms with E-state index in [0.29, 0.717) is 5.69 Å². The van der Waals surface area contributed by atoms with E-state index in [-0.39, 0.29) is 11.4 Å². The molecule has 0 bridgehead atoms. The van der Waals surface area contributed by atoms with E-state index in [2.05, 4.69) is 20.2 Å². The van der Waals surface area contributed by atoms with E-state index >= 15 is 0 Å². The number of nitrogens with two attached hydrogens (primary N) is 2. The van der Waals surface area contributed by atoms with Gasteiger partial charge in [-0.05, 0) is 24.6 Å². The molecule has 3 rings (SSSR count). The van der Waals surface area contributed by atoms with Gasteiger partial charge in [0.05, 0.1) is 18.1 Å². The van der Waals surface area contributed by atoms with Crippen molar-refractivity contribution in [1.82, 2.24) is 9.88 Å². The fourth-order valence-electron chi connectivity index (χ4n) is 2.83. The molecule has 3 heterocycles. The monoisotopic (exact) mass is 344 g/mol. The quantitative estimate of drug-likeness (QED) is 0.339. The van der Waals surface area contributed by atoms with Crippen LogP contribution in [0.15, 0.2) is 40.8 Å². The van der Waals surface area contributed by atoms with Gasteiger partial charge in [-0.1, -0.05) is 0 Å². The molecule has 0 aliphatic carbocycles. The molecule has 0 atom stereocenters. The van der Waals surface area contributed by atoms with Gasteiger partial charge in [0, 0.05) is 19.3 Å². The molecule has 8 nitrogen and oxygen atoms in total. The number of carbonyl (C=O) groups is 1. The number of quaternary nitrogens is 1. The van der Waals surface area contributed by atoms with Gasteiger partial charge in [-0.3, -0.25) is 20.5 Å². The summed E-state index contributed by atoms with van der Waals surface area (Å²) >= 11 is 0. The molecule has 1 aromatic rings. The first-order valence-corrected chi connectivity index (χ1v) is 7.74. The van der Waals surface area contributed by atoms with Gasteiger partial charge in [0.25, 0.3) is 5.91 Å². The average molecular weight is 344 g/mol. The van der Waals surface area contributed by atoms with Crippen molar-refractivity contribution in [3.05, 3.63) is 46.9 Å². The van der Waals surface area contributed by atoms with Crippen LogP contribution in [0.25, 0.3) is 0 Å². The van der Waals surface area contributed by atoms with Crippen molar-refractivity contribution in [1.29, 1.82) is 5.41 Å². The van der Waals surface area contributed by atoms with Gasteiger partial charge in [0.15, 0.2) is 11.4 Å². The number of anilines is 1. The van der Waals surface area contributed by atoms with Gasteiger partial charge in [-0.25, -0.2) is 4.99 Å². The summed E-state index contributed by atoms with van der Waals surface area (Å²) in [5.41, 5.74) is 8.11. The number of nitrogens with one attached hydrogen (secondary N) is 2. The van der Waals surface area contributed by atoms with Gasteiger partial charge >= 0.3 is 0 Å². The third-order valence-electron chi connectivity index (χ3n) is 4.06. The number of aromatic nitrogens is 1. The van der Waals surface area contributed by atoms with Crippen LogP contribution in [0.2, 0.25) is 0 Å². The first-order chi connectivity index (χ1) is 12.0. The summed E-state index contributed by atoms with van der Waals surface area (Å²) in [6.07, 6.45) is 6.30. The normalized spacial score (nSPS) is 19.0. The molecule has 0 radical (unpaired) electrons. The Kier molecular flexibility index (Phi) is 4.68. The van der Waals surface area contributed by atoms with Crippen LogP contribution >= 0.6 is 0 Å². The molecule has 0 aromatic carbocycles. The SMILES string of the molecule is CN1CCc2c(cncc2NC(=O)C(C(=N)N)=C2N=CC(F)=C[NH2+]2)C1. The van der Waals surface area contributed by atoms with Crippen molar-refractivity contribution in [3.63, 3.8) is 0 Å². The molecular formula is C16H19FN7O+. The zero-order valence-electron chi connectivity index (χ0n) is 13.7. The highest BCUT2D eigenvalue weighted by molar-refractivity contribution is 6.23. The molecule has 0 fully saturated rings. The van der Waals surface area contributed by atoms with Crippen molar-refractivity contribution >= 4 is 23.6 Å². The standard InChI is InChI=1S/C16H18FN7O/c1-24-3-2-11-9(8-24)4-20-7-12(11)23-16(25)13(14(18)19)15-21-5-10(17)6-22-15/h4-7,21H,2-3,8H2,1H3,(H3,18,19)(H,23,25)/p+1. The van der Waals surface area contributed by atoms with Crippen molar-refractivity contribution in [2.75, 3.05) is 18.9 Å². The summed E-state index contributed by atoms with van der Waals surface area (Å²) in [5.74, 6) is -1.39. The maximum atomic E-state index is 13.0. The number of allylic oxidation sites excluding steroid dienone is 1. The third-order valence-corrected chi connectivity index (χ3v) is 4.06. The number of halogens is 1. The Labute approximate surface area is 143 Å². The molecule has 0 saturated heterocycles. The largest absolute Gasteiger partial charge is 0.383 e. The molecule has 2 aliphatic heterocycles. The fraction of sp³-hybridized carbons (Fsp3) is 0.250. The van der Waals surface area contributed by atoms with E-state index < -0.39 is 17.6 Å². The number of nitrogens with zero attached hydrogens (tertiary/aromatic N) is 3. The van der Waals surface area contributed by atoms with E-state index in [1.54, 1.807) is 12.4 Å². The lowest BCUT2D eigenvalue weighted by atomic mass is 10.0. The number of amidine groups is 1. The van der Waals surface area contributed by atoms with Gasteiger partial charge < -0.3 is 16.0 Å². The van der Waals surface area contributed by atoms with Gasteiger partial charge in [-0.2, -0.15) is 4.39 Å². The molecule has 0 unspecified atom stereocenters. The number of likely N-dealkylation sites (N-methyl/N-ethyl adjacent to an activating group) is 1. The third kappa shape index (κ3) is 3.62. The highest BCUT2D eigenvalue weighted by Crippen LogP contribution is 2.25. The van der Waals surface area contributed by atoms with Crippen molar-refractivity contribution in [2.24, 2.45) is 10.7 Å². The van der Waals surface area contributed by atoms with E-state index in [1.165, 1.54) is 11.5 Å². The number of amides is 1. The maximum absolute atomic E-state index is 13.0. The molecule has 1 aromatic heterocycles. The minimum Gasteiger partial charge on any atom is -0.383 e. The van der Waals surface area contributed by atoms with Crippen molar-refractivity contribution in [2.45, 2.75) is 13.0 Å². The number of carbonyl (C=O) groups excluding carboxylic acids is 1. The summed E-state index contributed by atoms with van der Waals surface area (Å²) in [5, 5.41) is 11.8. The Bertz CT molecular complexity index is 828. The lowest BCUT2D eigenvalue weighted by Gasteiger charge is -2.26. The van der Waals surface area contributed by atoms with Crippen molar-refractivity contribution < 1.29 is 14.5 Å². The zero-order valence-corrected chi connectivity index (χ0v) is 13.7.